The number of amidine groups is 1. The van der Waals surface area contributed by atoms with E-state index >= 15 is 0 Å². The molecule has 0 atom stereocenters. The van der Waals surface area contributed by atoms with Gasteiger partial charge in [0.15, 0.2) is 11.5 Å². The number of aromatic carboxylic acids is 1. The van der Waals surface area contributed by atoms with Gasteiger partial charge < -0.3 is 20.3 Å². The van der Waals surface area contributed by atoms with E-state index < -0.39 is 5.97 Å². The quantitative estimate of drug-likeness (QED) is 0.474. The maximum absolute atomic E-state index is 11.2. The van der Waals surface area contributed by atoms with Crippen LogP contribution in [0.4, 0.5) is 5.69 Å². The molecule has 0 heterocycles. The number of hydrogen-bond donors (Lipinski definition) is 2. The SMILES string of the molecule is CCOc1cc(C(=O)O)c(N=C(N)CCl)cc1OC. The van der Waals surface area contributed by atoms with E-state index in [1.54, 1.807) is 6.92 Å². The first-order valence-corrected chi connectivity index (χ1v) is 6.04. The number of rotatable bonds is 6. The number of alkyl halides is 1. The highest BCUT2D eigenvalue weighted by molar-refractivity contribution is 6.28. The Bertz CT molecular complexity index is 503. The largest absolute Gasteiger partial charge is 0.493 e. The predicted octanol–water partition coefficient (Wildman–Crippen LogP) is 2.02. The van der Waals surface area contributed by atoms with Crippen molar-refractivity contribution in [2.24, 2.45) is 10.7 Å². The Morgan fingerprint density at radius 1 is 1.47 bits per heavy atom. The second-order valence-corrected chi connectivity index (χ2v) is 3.76. The summed E-state index contributed by atoms with van der Waals surface area (Å²) in [4.78, 5) is 15.2. The third kappa shape index (κ3) is 3.75. The molecule has 3 N–H and O–H groups in total. The van der Waals surface area contributed by atoms with Crippen molar-refractivity contribution in [3.8, 4) is 11.5 Å². The van der Waals surface area contributed by atoms with Crippen LogP contribution in [0, 0.1) is 0 Å². The van der Waals surface area contributed by atoms with Crippen molar-refractivity contribution in [2.75, 3.05) is 19.6 Å². The minimum absolute atomic E-state index is 0.00852. The summed E-state index contributed by atoms with van der Waals surface area (Å²) in [5, 5.41) is 9.17. The molecule has 104 valence electrons. The van der Waals surface area contributed by atoms with Gasteiger partial charge in [0.25, 0.3) is 0 Å². The van der Waals surface area contributed by atoms with Gasteiger partial charge in [0.1, 0.15) is 5.84 Å². The number of carboxylic acids is 1. The highest BCUT2D eigenvalue weighted by Gasteiger charge is 2.16. The number of ether oxygens (including phenoxy) is 2. The molecule has 1 aromatic carbocycles. The maximum Gasteiger partial charge on any atom is 0.338 e. The number of carbonyl (C=O) groups is 1. The van der Waals surface area contributed by atoms with Gasteiger partial charge in [-0.3, -0.25) is 0 Å². The Labute approximate surface area is 115 Å². The molecule has 0 spiro atoms. The van der Waals surface area contributed by atoms with Crippen LogP contribution in [0.5, 0.6) is 11.5 Å². The van der Waals surface area contributed by atoms with Crippen LogP contribution in [0.2, 0.25) is 0 Å². The highest BCUT2D eigenvalue weighted by Crippen LogP contribution is 2.35. The molecule has 0 aromatic heterocycles. The second-order valence-electron chi connectivity index (χ2n) is 3.50. The molecule has 0 unspecified atom stereocenters. The summed E-state index contributed by atoms with van der Waals surface area (Å²) in [5.74, 6) is -0.284. The Hall–Kier alpha value is -1.95. The smallest absolute Gasteiger partial charge is 0.338 e. The zero-order valence-corrected chi connectivity index (χ0v) is 11.4. The van der Waals surface area contributed by atoms with E-state index in [0.717, 1.165) is 0 Å². The van der Waals surface area contributed by atoms with Crippen LogP contribution < -0.4 is 15.2 Å². The number of aliphatic imine (C=N–C) groups is 1. The number of methoxy groups -OCH3 is 1. The number of halogens is 1. The van der Waals surface area contributed by atoms with Gasteiger partial charge in [-0.25, -0.2) is 9.79 Å². The summed E-state index contributed by atoms with van der Waals surface area (Å²) in [7, 11) is 1.46. The maximum atomic E-state index is 11.2. The highest BCUT2D eigenvalue weighted by atomic mass is 35.5. The second kappa shape index (κ2) is 6.84. The van der Waals surface area contributed by atoms with E-state index in [2.05, 4.69) is 4.99 Å². The van der Waals surface area contributed by atoms with Gasteiger partial charge in [-0.05, 0) is 6.92 Å². The van der Waals surface area contributed by atoms with Crippen LogP contribution in [-0.2, 0) is 0 Å². The molecular formula is C12H15ClN2O4. The Morgan fingerprint density at radius 3 is 2.63 bits per heavy atom. The summed E-state index contributed by atoms with van der Waals surface area (Å²) in [6.07, 6.45) is 0. The Balaban J connectivity index is 3.40. The lowest BCUT2D eigenvalue weighted by atomic mass is 10.1. The predicted molar refractivity (Wildman–Crippen MR) is 73.1 cm³/mol. The molecule has 0 amide bonds. The first kappa shape index (κ1) is 15.1. The molecule has 0 radical (unpaired) electrons. The monoisotopic (exact) mass is 286 g/mol. The lowest BCUT2D eigenvalue weighted by molar-refractivity contribution is 0.0697. The van der Waals surface area contributed by atoms with Gasteiger partial charge in [-0.1, -0.05) is 0 Å². The molecule has 19 heavy (non-hydrogen) atoms. The van der Waals surface area contributed by atoms with Crippen molar-refractivity contribution in [1.82, 2.24) is 0 Å². The fraction of sp³-hybridized carbons (Fsp3) is 0.333. The van der Waals surface area contributed by atoms with Crippen LogP contribution in [0.15, 0.2) is 17.1 Å². The Kier molecular flexibility index (Phi) is 5.44. The summed E-state index contributed by atoms with van der Waals surface area (Å²) >= 11 is 5.53. The lowest BCUT2D eigenvalue weighted by Gasteiger charge is -2.12. The number of carboxylic acid groups (broad SMARTS) is 1. The molecule has 0 saturated heterocycles. The van der Waals surface area contributed by atoms with Crippen molar-refractivity contribution < 1.29 is 19.4 Å². The van der Waals surface area contributed by atoms with Gasteiger partial charge in [0.05, 0.1) is 30.8 Å². The van der Waals surface area contributed by atoms with Crippen LogP contribution in [0.1, 0.15) is 17.3 Å². The Morgan fingerprint density at radius 2 is 2.16 bits per heavy atom. The standard InChI is InChI=1S/C12H15ClN2O4/c1-3-19-10-4-7(12(16)17)8(5-9(10)18-2)15-11(14)6-13/h4-5H,3,6H2,1-2H3,(H2,14,15)(H,16,17). The molecule has 0 saturated carbocycles. The average Bonchev–Trinajstić information content (AvgIpc) is 2.39. The van der Waals surface area contributed by atoms with Crippen molar-refractivity contribution in [3.05, 3.63) is 17.7 Å². The number of hydrogen-bond acceptors (Lipinski definition) is 4. The van der Waals surface area contributed by atoms with Crippen molar-refractivity contribution in [2.45, 2.75) is 6.92 Å². The van der Waals surface area contributed by atoms with Crippen LogP contribution in [0.3, 0.4) is 0 Å². The normalized spacial score (nSPS) is 11.2. The molecule has 1 aromatic rings. The average molecular weight is 287 g/mol. The summed E-state index contributed by atoms with van der Waals surface area (Å²) in [6, 6.07) is 2.80. The molecule has 0 fully saturated rings. The topological polar surface area (TPSA) is 94.1 Å². The lowest BCUT2D eigenvalue weighted by Crippen LogP contribution is -2.13. The molecule has 1 rings (SSSR count). The summed E-state index contributed by atoms with van der Waals surface area (Å²) in [6.45, 7) is 2.18. The van der Waals surface area contributed by atoms with E-state index in [-0.39, 0.29) is 23.0 Å². The molecule has 0 aliphatic carbocycles. The fourth-order valence-corrected chi connectivity index (χ4v) is 1.49. The fourth-order valence-electron chi connectivity index (χ4n) is 1.43. The molecule has 0 aliphatic heterocycles. The number of nitrogens with zero attached hydrogens (tertiary/aromatic N) is 1. The van der Waals surface area contributed by atoms with E-state index in [4.69, 9.17) is 31.9 Å². The van der Waals surface area contributed by atoms with Crippen molar-refractivity contribution in [1.29, 1.82) is 0 Å². The van der Waals surface area contributed by atoms with Crippen LogP contribution in [0.25, 0.3) is 0 Å². The first-order valence-electron chi connectivity index (χ1n) is 5.50. The van der Waals surface area contributed by atoms with E-state index in [1.165, 1.54) is 19.2 Å². The molecule has 0 aliphatic rings. The zero-order valence-electron chi connectivity index (χ0n) is 10.6. The number of nitrogens with two attached hydrogens (primary N) is 1. The molecule has 7 heteroatoms. The zero-order chi connectivity index (χ0) is 14.4. The number of benzene rings is 1. The van der Waals surface area contributed by atoms with Crippen LogP contribution >= 0.6 is 11.6 Å². The van der Waals surface area contributed by atoms with Crippen molar-refractivity contribution >= 4 is 29.1 Å². The van der Waals surface area contributed by atoms with Crippen LogP contribution in [-0.4, -0.2) is 36.5 Å². The van der Waals surface area contributed by atoms with E-state index in [1.807, 2.05) is 0 Å². The molecule has 0 bridgehead atoms. The minimum Gasteiger partial charge on any atom is -0.493 e. The van der Waals surface area contributed by atoms with Gasteiger partial charge in [-0.15, -0.1) is 11.6 Å². The third-order valence-corrected chi connectivity index (χ3v) is 2.49. The van der Waals surface area contributed by atoms with E-state index in [0.29, 0.717) is 18.1 Å². The van der Waals surface area contributed by atoms with Gasteiger partial charge in [0, 0.05) is 12.1 Å². The van der Waals surface area contributed by atoms with Gasteiger partial charge in [-0.2, -0.15) is 0 Å². The summed E-state index contributed by atoms with van der Waals surface area (Å²) in [5.41, 5.74) is 5.66. The third-order valence-electron chi connectivity index (χ3n) is 2.21. The molecular weight excluding hydrogens is 272 g/mol. The van der Waals surface area contributed by atoms with E-state index in [9.17, 15) is 4.79 Å². The van der Waals surface area contributed by atoms with Gasteiger partial charge >= 0.3 is 5.97 Å². The summed E-state index contributed by atoms with van der Waals surface area (Å²) < 4.78 is 10.4. The first-order chi connectivity index (χ1) is 9.03. The molecule has 6 nitrogen and oxygen atoms in total. The minimum atomic E-state index is -1.13. The van der Waals surface area contributed by atoms with Crippen molar-refractivity contribution in [3.63, 3.8) is 0 Å². The van der Waals surface area contributed by atoms with Gasteiger partial charge in [0.2, 0.25) is 0 Å².